The summed E-state index contributed by atoms with van der Waals surface area (Å²) in [4.78, 5) is 16.0. The molecule has 1 amide bonds. The molecule has 2 aliphatic heterocycles. The fraction of sp³-hybridized carbons (Fsp3) is 0.474. The molecule has 0 spiro atoms. The van der Waals surface area contributed by atoms with Crippen molar-refractivity contribution in [2.45, 2.75) is 86.3 Å². The third-order valence-electron chi connectivity index (χ3n) is 10.6. The molecular weight excluding hydrogens is 877 g/mol. The zero-order valence-corrected chi connectivity index (χ0v) is 37.0. The van der Waals surface area contributed by atoms with Crippen LogP contribution in [0.25, 0.3) is 10.4 Å². The number of amides is 1. The van der Waals surface area contributed by atoms with Gasteiger partial charge in [-0.05, 0) is 94.0 Å². The van der Waals surface area contributed by atoms with Crippen LogP contribution < -0.4 is 10.2 Å². The van der Waals surface area contributed by atoms with Gasteiger partial charge in [-0.1, -0.05) is 29.8 Å². The first-order valence-electron chi connectivity index (χ1n) is 19.1. The summed E-state index contributed by atoms with van der Waals surface area (Å²) in [7, 11) is -18.8. The van der Waals surface area contributed by atoms with Crippen LogP contribution in [0.15, 0.2) is 87.4 Å². The van der Waals surface area contributed by atoms with Gasteiger partial charge in [0.1, 0.15) is 26.8 Å². The molecule has 0 fully saturated rings. The van der Waals surface area contributed by atoms with Gasteiger partial charge in [0.05, 0.1) is 35.4 Å². The van der Waals surface area contributed by atoms with Gasteiger partial charge in [0.15, 0.2) is 5.71 Å². The number of unbranched alkanes of at least 4 members (excludes halogenated alkanes) is 1. The molecule has 2 aliphatic rings. The number of azide groups is 1. The molecule has 0 aromatic heterocycles. The molecule has 0 saturated carbocycles. The molecule has 23 heteroatoms. The highest BCUT2D eigenvalue weighted by Gasteiger charge is 2.45. The van der Waals surface area contributed by atoms with Crippen molar-refractivity contribution in [2.75, 3.05) is 42.6 Å². The summed E-state index contributed by atoms with van der Waals surface area (Å²) >= 11 is 0. The van der Waals surface area contributed by atoms with E-state index >= 15 is 0 Å². The van der Waals surface area contributed by atoms with E-state index in [0.717, 1.165) is 12.1 Å². The number of hydrogen-bond donors (Lipinski definition) is 1. The van der Waals surface area contributed by atoms with Crippen LogP contribution in [0, 0.1) is 0 Å². The minimum absolute atomic E-state index is 0.0286. The van der Waals surface area contributed by atoms with Crippen LogP contribution in [0.2, 0.25) is 0 Å². The molecule has 4 rings (SSSR count). The normalized spacial score (nSPS) is 18.5. The predicted molar refractivity (Wildman–Crippen MR) is 221 cm³/mol. The Kier molecular flexibility index (Phi) is 15.9. The van der Waals surface area contributed by atoms with E-state index < -0.39 is 72.6 Å². The van der Waals surface area contributed by atoms with Crippen molar-refractivity contribution in [1.29, 1.82) is 0 Å². The Morgan fingerprint density at radius 3 is 2.07 bits per heavy atom. The zero-order valence-electron chi connectivity index (χ0n) is 33.7. The molecule has 2 aromatic rings. The highest BCUT2D eigenvalue weighted by molar-refractivity contribution is 7.86. The van der Waals surface area contributed by atoms with Gasteiger partial charge in [0.2, 0.25) is 11.6 Å². The van der Waals surface area contributed by atoms with Gasteiger partial charge in [-0.25, -0.2) is 33.7 Å². The van der Waals surface area contributed by atoms with Crippen molar-refractivity contribution in [3.05, 3.63) is 94.0 Å². The standard InChI is InChI=1S/C38H50N6O13S4/c1-37(2)30-26-28(60(52,53)54)15-17-32(30)43(22-10-24-58(46,47)48)34(37)12-5-4-6-13-35-38(3,19-8-7-14-36(45)40-20-9-21-41-42-39)31-27-29(61(55,56)57)16-18-33(31)44(35)23-11-25-59(49,50)51/h4-6,12-13,15-18,26-27H,7-11,14,19-25H2,1-3H3,(H4-,40,45,46,47,48,49,50,51,52,53,54,55,56,57)/p-3. The summed E-state index contributed by atoms with van der Waals surface area (Å²) in [6.07, 6.45) is 10.1. The monoisotopic (exact) mass is 923 g/mol. The molecule has 0 saturated heterocycles. The van der Waals surface area contributed by atoms with Crippen LogP contribution in [0.1, 0.15) is 76.8 Å². The Labute approximate surface area is 356 Å². The van der Waals surface area contributed by atoms with Crippen LogP contribution >= 0.6 is 0 Å². The Bertz CT molecular complexity index is 2630. The Balaban J connectivity index is 1.72. The summed E-state index contributed by atoms with van der Waals surface area (Å²) < 4.78 is 143. The van der Waals surface area contributed by atoms with Crippen molar-refractivity contribution in [3.8, 4) is 0 Å². The first-order chi connectivity index (χ1) is 28.3. The third-order valence-corrected chi connectivity index (χ3v) is 13.8. The summed E-state index contributed by atoms with van der Waals surface area (Å²) in [6.45, 7) is 6.04. The maximum absolute atomic E-state index is 12.5. The van der Waals surface area contributed by atoms with Gasteiger partial charge in [-0.3, -0.25) is 4.79 Å². The number of hydrogen-bond acceptors (Lipinski definition) is 15. The van der Waals surface area contributed by atoms with Gasteiger partial charge in [0.25, 0.3) is 0 Å². The van der Waals surface area contributed by atoms with E-state index in [-0.39, 0.29) is 44.8 Å². The average molecular weight is 924 g/mol. The van der Waals surface area contributed by atoms with Gasteiger partial charge < -0.3 is 28.4 Å². The van der Waals surface area contributed by atoms with Crippen LogP contribution in [0.5, 0.6) is 0 Å². The van der Waals surface area contributed by atoms with E-state index in [1.54, 1.807) is 53.7 Å². The molecule has 0 bridgehead atoms. The minimum atomic E-state index is -4.89. The summed E-state index contributed by atoms with van der Waals surface area (Å²) in [5.41, 5.74) is 9.64. The molecule has 2 aromatic carbocycles. The highest BCUT2D eigenvalue weighted by Crippen LogP contribution is 2.51. The number of nitrogens with one attached hydrogen (secondary N) is 1. The second-order valence-corrected chi connectivity index (χ2v) is 21.1. The summed E-state index contributed by atoms with van der Waals surface area (Å²) in [5.74, 6) is -1.55. The maximum Gasteiger partial charge on any atom is 0.219 e. The van der Waals surface area contributed by atoms with Gasteiger partial charge in [-0.15, -0.1) is 0 Å². The predicted octanol–water partition coefficient (Wildman–Crippen LogP) is 3.89. The number of fused-ring (bicyclic) bond motifs is 2. The number of rotatable bonds is 22. The quantitative estimate of drug-likeness (QED) is 0.0333. The van der Waals surface area contributed by atoms with Crippen LogP contribution in [0.3, 0.4) is 0 Å². The lowest BCUT2D eigenvalue weighted by Crippen LogP contribution is -2.30. The van der Waals surface area contributed by atoms with Gasteiger partial charge >= 0.3 is 0 Å². The fourth-order valence-electron chi connectivity index (χ4n) is 7.67. The second-order valence-electron chi connectivity index (χ2n) is 15.3. The Hall–Kier alpha value is -4.45. The summed E-state index contributed by atoms with van der Waals surface area (Å²) in [6, 6.07) is 7.76. The topological polar surface area (TPSA) is 313 Å². The lowest BCUT2D eigenvalue weighted by atomic mass is 9.77. The minimum Gasteiger partial charge on any atom is -0.748 e. The highest BCUT2D eigenvalue weighted by atomic mass is 32.2. The van der Waals surface area contributed by atoms with Crippen molar-refractivity contribution in [1.82, 2.24) is 5.32 Å². The number of carbonyl (C=O) groups excluding carboxylic acids is 1. The lowest BCUT2D eigenvalue weighted by molar-refractivity contribution is -0.437. The molecule has 0 aliphatic carbocycles. The number of carbonyl (C=O) groups is 1. The van der Waals surface area contributed by atoms with E-state index in [2.05, 4.69) is 15.3 Å². The van der Waals surface area contributed by atoms with Gasteiger partial charge in [-0.2, -0.15) is 4.58 Å². The maximum atomic E-state index is 12.5. The Morgan fingerprint density at radius 1 is 0.820 bits per heavy atom. The zero-order chi connectivity index (χ0) is 45.4. The van der Waals surface area contributed by atoms with Crippen molar-refractivity contribution in [2.24, 2.45) is 5.11 Å². The van der Waals surface area contributed by atoms with Crippen molar-refractivity contribution >= 4 is 63.5 Å². The van der Waals surface area contributed by atoms with E-state index in [0.29, 0.717) is 66.1 Å². The SMILES string of the molecule is CC1(C)C(C=CC=CC=C2N(CCCS(=O)(=O)[O-])c3ccc(S(=O)(=O)[O-])cc3C2(C)CCCCC(=O)NCCCN=[N+]=[N-])=[N+](CCCS(=O)(=O)[O-])c2ccc(S(=O)(=O)[O-])cc21. The molecule has 1 N–H and O–H groups in total. The number of benzene rings is 2. The third kappa shape index (κ3) is 13.0. The molecule has 61 heavy (non-hydrogen) atoms. The van der Waals surface area contributed by atoms with Crippen LogP contribution in [-0.2, 0) is 56.1 Å². The molecule has 2 heterocycles. The smallest absolute Gasteiger partial charge is 0.219 e. The molecule has 334 valence electrons. The summed E-state index contributed by atoms with van der Waals surface area (Å²) in [5, 5.41) is 6.18. The Morgan fingerprint density at radius 2 is 1.44 bits per heavy atom. The van der Waals surface area contributed by atoms with Crippen LogP contribution in [0.4, 0.5) is 11.4 Å². The van der Waals surface area contributed by atoms with E-state index in [1.165, 1.54) is 24.3 Å². The number of allylic oxidation sites excluding steroid dienone is 6. The van der Waals surface area contributed by atoms with Gasteiger partial charge in [0, 0.05) is 83.4 Å². The molecule has 1 unspecified atom stereocenters. The van der Waals surface area contributed by atoms with Crippen LogP contribution in [-0.4, -0.2) is 106 Å². The second kappa shape index (κ2) is 19.7. The van der Waals surface area contributed by atoms with E-state index in [4.69, 9.17) is 5.53 Å². The molecular formula is C38H47N6O13S4-3. The molecule has 19 nitrogen and oxygen atoms in total. The number of anilines is 1. The molecule has 0 radical (unpaired) electrons. The average Bonchev–Trinajstić information content (AvgIpc) is 3.50. The van der Waals surface area contributed by atoms with E-state index in [9.17, 15) is 56.7 Å². The first-order valence-corrected chi connectivity index (χ1v) is 25.1. The van der Waals surface area contributed by atoms with E-state index in [1.807, 2.05) is 6.92 Å². The first kappa shape index (κ1) is 49.2. The molecule has 1 atom stereocenters. The lowest BCUT2D eigenvalue weighted by Gasteiger charge is -2.30. The van der Waals surface area contributed by atoms with Crippen molar-refractivity contribution in [3.63, 3.8) is 0 Å². The van der Waals surface area contributed by atoms with Crippen molar-refractivity contribution < 1.29 is 61.3 Å². The number of nitrogens with zero attached hydrogens (tertiary/aromatic N) is 5. The largest absolute Gasteiger partial charge is 0.748 e. The fourth-order valence-corrected chi connectivity index (χ4v) is 9.63.